The largest absolute Gasteiger partial charge is 0.496 e. The van der Waals surface area contributed by atoms with Crippen molar-refractivity contribution in [3.05, 3.63) is 60.0 Å². The van der Waals surface area contributed by atoms with Crippen molar-refractivity contribution in [1.29, 1.82) is 0 Å². The number of fused-ring (bicyclic) bond motifs is 1. The monoisotopic (exact) mass is 268 g/mol. The average molecular weight is 268 g/mol. The van der Waals surface area contributed by atoms with Crippen LogP contribution in [0.25, 0.3) is 10.8 Å². The average Bonchev–Trinajstić information content (AvgIpc) is 3.00. The summed E-state index contributed by atoms with van der Waals surface area (Å²) in [5.41, 5.74) is 2.05. The Labute approximate surface area is 117 Å². The molecule has 0 radical (unpaired) electrons. The van der Waals surface area contributed by atoms with Gasteiger partial charge < -0.3 is 14.6 Å². The van der Waals surface area contributed by atoms with Gasteiger partial charge >= 0.3 is 0 Å². The molecule has 4 heteroatoms. The van der Waals surface area contributed by atoms with Gasteiger partial charge in [-0.1, -0.05) is 35.5 Å². The highest BCUT2D eigenvalue weighted by Crippen LogP contribution is 2.27. The van der Waals surface area contributed by atoms with Crippen molar-refractivity contribution < 1.29 is 9.26 Å². The van der Waals surface area contributed by atoms with E-state index in [-0.39, 0.29) is 0 Å². The van der Waals surface area contributed by atoms with Gasteiger partial charge in [-0.3, -0.25) is 0 Å². The highest BCUT2D eigenvalue weighted by Gasteiger charge is 2.08. The summed E-state index contributed by atoms with van der Waals surface area (Å²) in [6.07, 6.45) is 1.58. The lowest BCUT2D eigenvalue weighted by Crippen LogP contribution is -2.14. The van der Waals surface area contributed by atoms with Crippen LogP contribution in [-0.4, -0.2) is 12.3 Å². The first-order valence-corrected chi connectivity index (χ1v) is 6.53. The first-order chi connectivity index (χ1) is 9.88. The summed E-state index contributed by atoms with van der Waals surface area (Å²) in [6.45, 7) is 1.39. The molecule has 0 atom stereocenters. The van der Waals surface area contributed by atoms with Crippen molar-refractivity contribution in [3.8, 4) is 5.75 Å². The van der Waals surface area contributed by atoms with E-state index in [1.165, 1.54) is 10.8 Å². The third-order valence-electron chi connectivity index (χ3n) is 3.32. The van der Waals surface area contributed by atoms with Crippen molar-refractivity contribution in [1.82, 2.24) is 10.5 Å². The molecule has 0 aliphatic rings. The van der Waals surface area contributed by atoms with Crippen LogP contribution in [-0.2, 0) is 13.1 Å². The molecule has 0 unspecified atom stereocenters. The first-order valence-electron chi connectivity index (χ1n) is 6.53. The molecule has 102 valence electrons. The van der Waals surface area contributed by atoms with Crippen molar-refractivity contribution in [2.75, 3.05) is 7.11 Å². The molecule has 3 rings (SSSR count). The molecule has 3 aromatic rings. The maximum Gasteiger partial charge on any atom is 0.124 e. The Bertz CT molecular complexity index is 693. The van der Waals surface area contributed by atoms with Gasteiger partial charge in [0.05, 0.1) is 12.8 Å². The van der Waals surface area contributed by atoms with E-state index in [1.54, 1.807) is 13.4 Å². The van der Waals surface area contributed by atoms with Gasteiger partial charge in [0.2, 0.25) is 0 Å². The van der Waals surface area contributed by atoms with Gasteiger partial charge in [0.25, 0.3) is 0 Å². The second-order valence-corrected chi connectivity index (χ2v) is 4.56. The van der Waals surface area contributed by atoms with Gasteiger partial charge in [-0.05, 0) is 16.8 Å². The van der Waals surface area contributed by atoms with Crippen molar-refractivity contribution in [2.24, 2.45) is 0 Å². The zero-order valence-corrected chi connectivity index (χ0v) is 11.3. The normalized spacial score (nSPS) is 10.8. The summed E-state index contributed by atoms with van der Waals surface area (Å²) >= 11 is 0. The Balaban J connectivity index is 1.85. The number of rotatable bonds is 5. The van der Waals surface area contributed by atoms with Gasteiger partial charge in [-0.15, -0.1) is 0 Å². The van der Waals surface area contributed by atoms with Crippen LogP contribution in [0.5, 0.6) is 5.75 Å². The molecular formula is C16H16N2O2. The Kier molecular flexibility index (Phi) is 3.65. The molecule has 0 aliphatic heterocycles. The second-order valence-electron chi connectivity index (χ2n) is 4.56. The van der Waals surface area contributed by atoms with Gasteiger partial charge in [-0.25, -0.2) is 0 Å². The van der Waals surface area contributed by atoms with Crippen LogP contribution in [0.4, 0.5) is 0 Å². The molecule has 0 saturated heterocycles. The van der Waals surface area contributed by atoms with Crippen LogP contribution in [0.15, 0.2) is 53.3 Å². The zero-order chi connectivity index (χ0) is 13.8. The molecule has 0 spiro atoms. The second kappa shape index (κ2) is 5.75. The summed E-state index contributed by atoms with van der Waals surface area (Å²) in [4.78, 5) is 0. The molecule has 1 N–H and O–H groups in total. The number of hydrogen-bond acceptors (Lipinski definition) is 4. The summed E-state index contributed by atoms with van der Waals surface area (Å²) in [6, 6.07) is 14.3. The molecule has 1 heterocycles. The number of methoxy groups -OCH3 is 1. The summed E-state index contributed by atoms with van der Waals surface area (Å²) in [7, 11) is 1.70. The highest BCUT2D eigenvalue weighted by molar-refractivity contribution is 5.87. The topological polar surface area (TPSA) is 47.3 Å². The zero-order valence-electron chi connectivity index (χ0n) is 11.3. The minimum Gasteiger partial charge on any atom is -0.496 e. The molecule has 0 saturated carbocycles. The lowest BCUT2D eigenvalue weighted by molar-refractivity contribution is 0.404. The Hall–Kier alpha value is -2.33. The minimum absolute atomic E-state index is 0.670. The summed E-state index contributed by atoms with van der Waals surface area (Å²) in [5.74, 6) is 0.899. The number of aromatic nitrogens is 1. The SMILES string of the molecule is COc1ccc2ccccc2c1CNCc1ccon1. The van der Waals surface area contributed by atoms with Gasteiger partial charge in [0.1, 0.15) is 12.0 Å². The fourth-order valence-corrected chi connectivity index (χ4v) is 2.33. The van der Waals surface area contributed by atoms with Gasteiger partial charge in [0, 0.05) is 24.7 Å². The maximum absolute atomic E-state index is 5.47. The lowest BCUT2D eigenvalue weighted by atomic mass is 10.0. The van der Waals surface area contributed by atoms with E-state index >= 15 is 0 Å². The number of hydrogen-bond donors (Lipinski definition) is 1. The smallest absolute Gasteiger partial charge is 0.124 e. The van der Waals surface area contributed by atoms with Crippen LogP contribution < -0.4 is 10.1 Å². The van der Waals surface area contributed by atoms with Gasteiger partial charge in [0.15, 0.2) is 0 Å². The van der Waals surface area contributed by atoms with Crippen molar-refractivity contribution >= 4 is 10.8 Å². The standard InChI is InChI=1S/C16H16N2O2/c1-19-16-7-6-12-4-2-3-5-14(12)15(16)11-17-10-13-8-9-20-18-13/h2-9,17H,10-11H2,1H3. The quantitative estimate of drug-likeness (QED) is 0.772. The summed E-state index contributed by atoms with van der Waals surface area (Å²) in [5, 5.41) is 9.67. The van der Waals surface area contributed by atoms with E-state index < -0.39 is 0 Å². The first kappa shape index (κ1) is 12.7. The molecule has 0 aliphatic carbocycles. The molecule has 20 heavy (non-hydrogen) atoms. The molecule has 0 amide bonds. The predicted molar refractivity (Wildman–Crippen MR) is 77.5 cm³/mol. The van der Waals surface area contributed by atoms with E-state index in [9.17, 15) is 0 Å². The van der Waals surface area contributed by atoms with Crippen molar-refractivity contribution in [3.63, 3.8) is 0 Å². The van der Waals surface area contributed by atoms with Gasteiger partial charge in [-0.2, -0.15) is 0 Å². The Morgan fingerprint density at radius 1 is 1.10 bits per heavy atom. The number of nitrogens with zero attached hydrogens (tertiary/aromatic N) is 1. The number of ether oxygens (including phenoxy) is 1. The van der Waals surface area contributed by atoms with Crippen LogP contribution in [0, 0.1) is 0 Å². The van der Waals surface area contributed by atoms with E-state index in [0.717, 1.165) is 23.6 Å². The summed E-state index contributed by atoms with van der Waals surface area (Å²) < 4.78 is 10.3. The molecule has 0 fully saturated rings. The maximum atomic E-state index is 5.47. The van der Waals surface area contributed by atoms with Crippen LogP contribution in [0.1, 0.15) is 11.3 Å². The van der Waals surface area contributed by atoms with E-state index in [1.807, 2.05) is 24.3 Å². The molecular weight excluding hydrogens is 252 g/mol. The van der Waals surface area contributed by atoms with Crippen molar-refractivity contribution in [2.45, 2.75) is 13.1 Å². The molecule has 2 aromatic carbocycles. The minimum atomic E-state index is 0.670. The highest BCUT2D eigenvalue weighted by atomic mass is 16.5. The fourth-order valence-electron chi connectivity index (χ4n) is 2.33. The van der Waals surface area contributed by atoms with Crippen LogP contribution in [0.2, 0.25) is 0 Å². The lowest BCUT2D eigenvalue weighted by Gasteiger charge is -2.12. The number of nitrogens with one attached hydrogen (secondary N) is 1. The number of benzene rings is 2. The fraction of sp³-hybridized carbons (Fsp3) is 0.188. The predicted octanol–water partition coefficient (Wildman–Crippen LogP) is 3.13. The molecule has 0 bridgehead atoms. The van der Waals surface area contributed by atoms with Crippen LogP contribution >= 0.6 is 0 Å². The van der Waals surface area contributed by atoms with E-state index in [0.29, 0.717) is 6.54 Å². The Morgan fingerprint density at radius 2 is 2.00 bits per heavy atom. The third kappa shape index (κ3) is 2.51. The Morgan fingerprint density at radius 3 is 2.80 bits per heavy atom. The van der Waals surface area contributed by atoms with E-state index in [4.69, 9.17) is 9.26 Å². The van der Waals surface area contributed by atoms with Crippen LogP contribution in [0.3, 0.4) is 0 Å². The molecule has 4 nitrogen and oxygen atoms in total. The molecule has 1 aromatic heterocycles. The van der Waals surface area contributed by atoms with E-state index in [2.05, 4.69) is 28.7 Å². The third-order valence-corrected chi connectivity index (χ3v) is 3.32.